The van der Waals surface area contributed by atoms with Crippen molar-refractivity contribution in [1.82, 2.24) is 0 Å². The molecule has 0 aromatic heterocycles. The van der Waals surface area contributed by atoms with Crippen LogP contribution in [0.5, 0.6) is 5.75 Å². The predicted molar refractivity (Wildman–Crippen MR) is 81.5 cm³/mol. The fourth-order valence-electron chi connectivity index (χ4n) is 1.49. The SMILES string of the molecule is CS/C(=C\CCCCOc1ccccc1)S(C)=O. The number of hydrogen-bond donors (Lipinski definition) is 0. The minimum Gasteiger partial charge on any atom is -0.494 e. The van der Waals surface area contributed by atoms with Gasteiger partial charge in [-0.2, -0.15) is 0 Å². The first-order chi connectivity index (χ1) is 8.74. The van der Waals surface area contributed by atoms with E-state index < -0.39 is 10.8 Å². The van der Waals surface area contributed by atoms with E-state index in [0.29, 0.717) is 0 Å². The summed E-state index contributed by atoms with van der Waals surface area (Å²) >= 11 is 1.57. The van der Waals surface area contributed by atoms with Crippen LogP contribution in [0.15, 0.2) is 40.6 Å². The predicted octanol–water partition coefficient (Wildman–Crippen LogP) is 3.82. The number of para-hydroxylation sites is 1. The summed E-state index contributed by atoms with van der Waals surface area (Å²) in [7, 11) is -0.847. The third kappa shape index (κ3) is 6.26. The molecular formula is C14H20O2S2. The van der Waals surface area contributed by atoms with Crippen molar-refractivity contribution in [3.05, 3.63) is 40.6 Å². The lowest BCUT2D eigenvalue weighted by atomic mass is 10.2. The smallest absolute Gasteiger partial charge is 0.119 e. The molecule has 1 rings (SSSR count). The zero-order valence-corrected chi connectivity index (χ0v) is 12.6. The van der Waals surface area contributed by atoms with Crippen molar-refractivity contribution in [3.63, 3.8) is 0 Å². The van der Waals surface area contributed by atoms with E-state index in [1.165, 1.54) is 0 Å². The topological polar surface area (TPSA) is 26.3 Å². The summed E-state index contributed by atoms with van der Waals surface area (Å²) in [6.45, 7) is 0.738. The Kier molecular flexibility index (Phi) is 7.85. The summed E-state index contributed by atoms with van der Waals surface area (Å²) in [6, 6.07) is 9.85. The van der Waals surface area contributed by atoms with E-state index in [4.69, 9.17) is 4.74 Å². The normalized spacial score (nSPS) is 13.3. The Hall–Kier alpha value is -0.740. The van der Waals surface area contributed by atoms with Crippen molar-refractivity contribution in [1.29, 1.82) is 0 Å². The van der Waals surface area contributed by atoms with Gasteiger partial charge in [0.25, 0.3) is 0 Å². The van der Waals surface area contributed by atoms with Gasteiger partial charge in [-0.3, -0.25) is 4.21 Å². The maximum atomic E-state index is 11.3. The van der Waals surface area contributed by atoms with Crippen molar-refractivity contribution in [2.24, 2.45) is 0 Å². The number of ether oxygens (including phenoxy) is 1. The molecule has 0 fully saturated rings. The molecule has 0 aliphatic rings. The Morgan fingerprint density at radius 2 is 2.06 bits per heavy atom. The van der Waals surface area contributed by atoms with Gasteiger partial charge in [-0.1, -0.05) is 24.3 Å². The fraction of sp³-hybridized carbons (Fsp3) is 0.429. The molecule has 0 aliphatic carbocycles. The molecule has 0 saturated carbocycles. The maximum Gasteiger partial charge on any atom is 0.119 e. The molecule has 0 amide bonds. The van der Waals surface area contributed by atoms with Crippen LogP contribution in [0.25, 0.3) is 0 Å². The Morgan fingerprint density at radius 1 is 1.33 bits per heavy atom. The van der Waals surface area contributed by atoms with Crippen LogP contribution in [0.3, 0.4) is 0 Å². The van der Waals surface area contributed by atoms with Crippen molar-refractivity contribution in [2.45, 2.75) is 19.3 Å². The van der Waals surface area contributed by atoms with Gasteiger partial charge in [0.1, 0.15) is 5.75 Å². The van der Waals surface area contributed by atoms with Gasteiger partial charge >= 0.3 is 0 Å². The summed E-state index contributed by atoms with van der Waals surface area (Å²) in [5.74, 6) is 0.924. The Labute approximate surface area is 116 Å². The molecule has 0 aliphatic heterocycles. The number of benzene rings is 1. The monoisotopic (exact) mass is 284 g/mol. The minimum absolute atomic E-state index is 0.738. The highest BCUT2D eigenvalue weighted by molar-refractivity contribution is 8.15. The fourth-order valence-corrected chi connectivity index (χ4v) is 3.07. The second kappa shape index (κ2) is 9.22. The van der Waals surface area contributed by atoms with E-state index >= 15 is 0 Å². The molecule has 0 heterocycles. The summed E-state index contributed by atoms with van der Waals surface area (Å²) in [4.78, 5) is 0. The van der Waals surface area contributed by atoms with E-state index in [-0.39, 0.29) is 0 Å². The number of allylic oxidation sites excluding steroid dienone is 1. The molecule has 1 unspecified atom stereocenters. The van der Waals surface area contributed by atoms with Crippen LogP contribution in [0, 0.1) is 0 Å². The average molecular weight is 284 g/mol. The molecule has 100 valence electrons. The first-order valence-electron chi connectivity index (χ1n) is 5.99. The van der Waals surface area contributed by atoms with E-state index in [0.717, 1.165) is 35.9 Å². The first-order valence-corrected chi connectivity index (χ1v) is 8.77. The lowest BCUT2D eigenvalue weighted by Crippen LogP contribution is -1.96. The van der Waals surface area contributed by atoms with Gasteiger partial charge in [-0.25, -0.2) is 0 Å². The largest absolute Gasteiger partial charge is 0.494 e. The molecule has 1 aromatic rings. The summed E-state index contributed by atoms with van der Waals surface area (Å²) in [6.07, 6.45) is 8.81. The average Bonchev–Trinajstić information content (AvgIpc) is 2.38. The van der Waals surface area contributed by atoms with Crippen LogP contribution in [0.1, 0.15) is 19.3 Å². The number of rotatable bonds is 8. The van der Waals surface area contributed by atoms with Crippen LogP contribution < -0.4 is 4.74 Å². The van der Waals surface area contributed by atoms with Crippen LogP contribution in [0.4, 0.5) is 0 Å². The Balaban J connectivity index is 2.14. The zero-order chi connectivity index (χ0) is 13.2. The molecule has 0 spiro atoms. The molecule has 18 heavy (non-hydrogen) atoms. The summed E-state index contributed by atoms with van der Waals surface area (Å²) in [5, 5.41) is 0. The van der Waals surface area contributed by atoms with E-state index in [2.05, 4.69) is 6.08 Å². The number of unbranched alkanes of at least 4 members (excludes halogenated alkanes) is 2. The zero-order valence-electron chi connectivity index (χ0n) is 10.9. The van der Waals surface area contributed by atoms with Gasteiger partial charge in [-0.15, -0.1) is 11.8 Å². The number of hydrogen-bond acceptors (Lipinski definition) is 3. The summed E-state index contributed by atoms with van der Waals surface area (Å²) < 4.78 is 17.8. The second-order valence-corrected chi connectivity index (χ2v) is 6.29. The van der Waals surface area contributed by atoms with Crippen molar-refractivity contribution >= 4 is 22.6 Å². The quantitative estimate of drug-likeness (QED) is 0.679. The van der Waals surface area contributed by atoms with Gasteiger partial charge < -0.3 is 4.74 Å². The van der Waals surface area contributed by atoms with Crippen molar-refractivity contribution in [2.75, 3.05) is 19.1 Å². The summed E-state index contributed by atoms with van der Waals surface area (Å²) in [5.41, 5.74) is 0. The molecule has 0 bridgehead atoms. The second-order valence-electron chi connectivity index (χ2n) is 3.84. The molecule has 0 N–H and O–H groups in total. The van der Waals surface area contributed by atoms with Gasteiger partial charge in [0.2, 0.25) is 0 Å². The van der Waals surface area contributed by atoms with Crippen LogP contribution in [-0.2, 0) is 10.8 Å². The highest BCUT2D eigenvalue weighted by atomic mass is 32.2. The molecule has 0 radical (unpaired) electrons. The number of thioether (sulfide) groups is 1. The van der Waals surface area contributed by atoms with Gasteiger partial charge in [0.15, 0.2) is 0 Å². The Morgan fingerprint density at radius 3 is 2.67 bits per heavy atom. The van der Waals surface area contributed by atoms with E-state index in [9.17, 15) is 4.21 Å². The van der Waals surface area contributed by atoms with Crippen molar-refractivity contribution in [3.8, 4) is 5.75 Å². The standard InChI is InChI=1S/C14H20O2S2/c1-17-14(18(2)15)11-7-4-8-12-16-13-9-5-3-6-10-13/h3,5-6,9-11H,4,7-8,12H2,1-2H3/b14-11+. The molecular weight excluding hydrogens is 264 g/mol. The highest BCUT2D eigenvalue weighted by Crippen LogP contribution is 2.16. The lowest BCUT2D eigenvalue weighted by molar-refractivity contribution is 0.307. The molecule has 4 heteroatoms. The molecule has 0 saturated heterocycles. The van der Waals surface area contributed by atoms with Crippen molar-refractivity contribution < 1.29 is 8.95 Å². The van der Waals surface area contributed by atoms with Crippen LogP contribution in [-0.4, -0.2) is 23.3 Å². The van der Waals surface area contributed by atoms with Crippen LogP contribution >= 0.6 is 11.8 Å². The van der Waals surface area contributed by atoms with Gasteiger partial charge in [0, 0.05) is 6.26 Å². The maximum absolute atomic E-state index is 11.3. The Bertz CT molecular complexity index is 388. The molecule has 2 nitrogen and oxygen atoms in total. The van der Waals surface area contributed by atoms with E-state index in [1.54, 1.807) is 18.0 Å². The third-order valence-electron chi connectivity index (χ3n) is 2.41. The first kappa shape index (κ1) is 15.3. The minimum atomic E-state index is -0.847. The molecule has 1 aromatic carbocycles. The van der Waals surface area contributed by atoms with E-state index in [1.807, 2.05) is 36.6 Å². The highest BCUT2D eigenvalue weighted by Gasteiger charge is 1.98. The van der Waals surface area contributed by atoms with Gasteiger partial charge in [0.05, 0.1) is 21.6 Å². The lowest BCUT2D eigenvalue weighted by Gasteiger charge is -2.05. The molecule has 1 atom stereocenters. The van der Waals surface area contributed by atoms with Crippen LogP contribution in [0.2, 0.25) is 0 Å². The third-order valence-corrected chi connectivity index (χ3v) is 4.91. The van der Waals surface area contributed by atoms with Gasteiger partial charge in [-0.05, 0) is 37.7 Å².